The third kappa shape index (κ3) is 3.13. The van der Waals surface area contributed by atoms with E-state index in [-0.39, 0.29) is 11.5 Å². The largest absolute Gasteiger partial charge is 0.493 e. The molecule has 0 saturated heterocycles. The van der Waals surface area contributed by atoms with Crippen LogP contribution in [0.5, 0.6) is 11.5 Å². The summed E-state index contributed by atoms with van der Waals surface area (Å²) < 4.78 is 24.0. The zero-order valence-electron chi connectivity index (χ0n) is 11.4. The number of aliphatic hydroxyl groups is 1. The van der Waals surface area contributed by atoms with Gasteiger partial charge in [-0.2, -0.15) is 0 Å². The lowest BCUT2D eigenvalue weighted by atomic mass is 9.93. The predicted molar refractivity (Wildman–Crippen MR) is 68.5 cm³/mol. The van der Waals surface area contributed by atoms with E-state index in [0.717, 1.165) is 12.8 Å². The smallest absolute Gasteiger partial charge is 0.163 e. The van der Waals surface area contributed by atoms with E-state index in [4.69, 9.17) is 9.47 Å². The van der Waals surface area contributed by atoms with Gasteiger partial charge in [0.2, 0.25) is 0 Å². The highest BCUT2D eigenvalue weighted by atomic mass is 19.1. The predicted octanol–water partition coefficient (Wildman–Crippen LogP) is 3.31. The van der Waals surface area contributed by atoms with Crippen molar-refractivity contribution in [2.75, 3.05) is 14.2 Å². The van der Waals surface area contributed by atoms with Gasteiger partial charge in [-0.1, -0.05) is 20.3 Å². The van der Waals surface area contributed by atoms with Crippen molar-refractivity contribution in [3.05, 3.63) is 23.5 Å². The van der Waals surface area contributed by atoms with Crippen LogP contribution >= 0.6 is 0 Å². The van der Waals surface area contributed by atoms with E-state index in [1.165, 1.54) is 26.4 Å². The molecule has 1 aromatic carbocycles. The average Bonchev–Trinajstić information content (AvgIpc) is 2.37. The van der Waals surface area contributed by atoms with Crippen molar-refractivity contribution >= 4 is 0 Å². The molecule has 0 saturated carbocycles. The van der Waals surface area contributed by atoms with Gasteiger partial charge in [-0.05, 0) is 18.4 Å². The summed E-state index contributed by atoms with van der Waals surface area (Å²) in [5.74, 6) is 0.288. The van der Waals surface area contributed by atoms with Crippen LogP contribution in [-0.4, -0.2) is 19.3 Å². The van der Waals surface area contributed by atoms with Crippen LogP contribution < -0.4 is 9.47 Å². The second kappa shape index (κ2) is 6.59. The first kappa shape index (κ1) is 14.8. The molecule has 0 aliphatic heterocycles. The van der Waals surface area contributed by atoms with Gasteiger partial charge >= 0.3 is 0 Å². The van der Waals surface area contributed by atoms with E-state index in [2.05, 4.69) is 0 Å². The Bertz CT molecular complexity index is 393. The molecule has 0 heterocycles. The number of halogens is 1. The normalized spacial score (nSPS) is 14.1. The zero-order chi connectivity index (χ0) is 13.7. The molecule has 0 fully saturated rings. The topological polar surface area (TPSA) is 38.7 Å². The van der Waals surface area contributed by atoms with Gasteiger partial charge in [0.05, 0.1) is 20.3 Å². The Morgan fingerprint density at radius 3 is 2.28 bits per heavy atom. The maximum atomic E-state index is 13.9. The quantitative estimate of drug-likeness (QED) is 0.848. The van der Waals surface area contributed by atoms with Gasteiger partial charge in [-0.3, -0.25) is 0 Å². The fourth-order valence-corrected chi connectivity index (χ4v) is 2.02. The van der Waals surface area contributed by atoms with Crippen molar-refractivity contribution in [1.82, 2.24) is 0 Å². The standard InChI is InChI=1S/C14H21FO3/c1-5-6-9(2)14(16)10-7-12(17-3)13(18-4)8-11(10)15/h7-9,14,16H,5-6H2,1-4H3. The maximum absolute atomic E-state index is 13.9. The van der Waals surface area contributed by atoms with E-state index in [1.807, 2.05) is 13.8 Å². The lowest BCUT2D eigenvalue weighted by molar-refractivity contribution is 0.108. The lowest BCUT2D eigenvalue weighted by Gasteiger charge is -2.20. The van der Waals surface area contributed by atoms with Gasteiger partial charge < -0.3 is 14.6 Å². The molecule has 4 heteroatoms. The summed E-state index contributed by atoms with van der Waals surface area (Å²) >= 11 is 0. The van der Waals surface area contributed by atoms with Crippen molar-refractivity contribution in [1.29, 1.82) is 0 Å². The Labute approximate surface area is 108 Å². The fourth-order valence-electron chi connectivity index (χ4n) is 2.02. The molecule has 1 rings (SSSR count). The molecule has 1 aromatic rings. The minimum atomic E-state index is -0.829. The number of ether oxygens (including phenoxy) is 2. The number of rotatable bonds is 6. The number of hydrogen-bond acceptors (Lipinski definition) is 3. The molecule has 0 aliphatic carbocycles. The van der Waals surface area contributed by atoms with E-state index in [0.29, 0.717) is 11.5 Å². The summed E-state index contributed by atoms with van der Waals surface area (Å²) in [7, 11) is 2.94. The first-order chi connectivity index (χ1) is 8.54. The van der Waals surface area contributed by atoms with Crippen molar-refractivity contribution < 1.29 is 19.0 Å². The van der Waals surface area contributed by atoms with E-state index in [1.54, 1.807) is 0 Å². The second-order valence-electron chi connectivity index (χ2n) is 4.44. The van der Waals surface area contributed by atoms with Crippen molar-refractivity contribution in [2.24, 2.45) is 5.92 Å². The van der Waals surface area contributed by atoms with Crippen LogP contribution in [0.2, 0.25) is 0 Å². The maximum Gasteiger partial charge on any atom is 0.163 e. The Balaban J connectivity index is 3.08. The molecule has 0 amide bonds. The summed E-state index contributed by atoms with van der Waals surface area (Å²) in [5, 5.41) is 10.1. The molecular formula is C14H21FO3. The van der Waals surface area contributed by atoms with E-state index >= 15 is 0 Å². The highest BCUT2D eigenvalue weighted by molar-refractivity contribution is 5.44. The van der Waals surface area contributed by atoms with Gasteiger partial charge in [0.25, 0.3) is 0 Å². The molecule has 102 valence electrons. The monoisotopic (exact) mass is 256 g/mol. The highest BCUT2D eigenvalue weighted by Crippen LogP contribution is 2.35. The van der Waals surface area contributed by atoms with Gasteiger partial charge in [-0.25, -0.2) is 4.39 Å². The molecule has 18 heavy (non-hydrogen) atoms. The summed E-state index contributed by atoms with van der Waals surface area (Å²) in [6.07, 6.45) is 0.965. The SMILES string of the molecule is CCCC(C)C(O)c1cc(OC)c(OC)cc1F. The molecule has 0 radical (unpaired) electrons. The minimum Gasteiger partial charge on any atom is -0.493 e. The van der Waals surface area contributed by atoms with Gasteiger partial charge in [0, 0.05) is 11.6 Å². The Hall–Kier alpha value is -1.29. The summed E-state index contributed by atoms with van der Waals surface area (Å²) in [5.41, 5.74) is 0.258. The van der Waals surface area contributed by atoms with Gasteiger partial charge in [0.1, 0.15) is 5.82 Å². The first-order valence-electron chi connectivity index (χ1n) is 6.14. The highest BCUT2D eigenvalue weighted by Gasteiger charge is 2.21. The van der Waals surface area contributed by atoms with Crippen molar-refractivity contribution in [3.8, 4) is 11.5 Å². The van der Waals surface area contributed by atoms with Crippen LogP contribution in [-0.2, 0) is 0 Å². The summed E-state index contributed by atoms with van der Waals surface area (Å²) in [4.78, 5) is 0. The van der Waals surface area contributed by atoms with Crippen molar-refractivity contribution in [3.63, 3.8) is 0 Å². The molecule has 0 spiro atoms. The molecule has 1 N–H and O–H groups in total. The molecule has 2 atom stereocenters. The fraction of sp³-hybridized carbons (Fsp3) is 0.571. The molecule has 2 unspecified atom stereocenters. The van der Waals surface area contributed by atoms with Crippen LogP contribution in [0, 0.1) is 11.7 Å². The molecule has 0 aromatic heterocycles. The first-order valence-corrected chi connectivity index (χ1v) is 6.14. The Morgan fingerprint density at radius 2 is 1.78 bits per heavy atom. The molecule has 0 bridgehead atoms. The number of benzene rings is 1. The van der Waals surface area contributed by atoms with Crippen molar-refractivity contribution in [2.45, 2.75) is 32.8 Å². The van der Waals surface area contributed by atoms with Crippen LogP contribution in [0.1, 0.15) is 38.4 Å². The van der Waals surface area contributed by atoms with Crippen LogP contribution in [0.25, 0.3) is 0 Å². The van der Waals surface area contributed by atoms with Crippen LogP contribution in [0.4, 0.5) is 4.39 Å². The average molecular weight is 256 g/mol. The number of aliphatic hydroxyl groups excluding tert-OH is 1. The lowest BCUT2D eigenvalue weighted by Crippen LogP contribution is -2.11. The zero-order valence-corrected chi connectivity index (χ0v) is 11.4. The van der Waals surface area contributed by atoms with Crippen LogP contribution in [0.3, 0.4) is 0 Å². The number of methoxy groups -OCH3 is 2. The van der Waals surface area contributed by atoms with Gasteiger partial charge in [0.15, 0.2) is 11.5 Å². The third-order valence-electron chi connectivity index (χ3n) is 3.10. The summed E-state index contributed by atoms with van der Waals surface area (Å²) in [6.45, 7) is 3.94. The van der Waals surface area contributed by atoms with Gasteiger partial charge in [-0.15, -0.1) is 0 Å². The van der Waals surface area contributed by atoms with Crippen LogP contribution in [0.15, 0.2) is 12.1 Å². The number of hydrogen-bond donors (Lipinski definition) is 1. The Morgan fingerprint density at radius 1 is 1.22 bits per heavy atom. The van der Waals surface area contributed by atoms with E-state index in [9.17, 15) is 9.50 Å². The molecule has 0 aliphatic rings. The molecular weight excluding hydrogens is 235 g/mol. The summed E-state index contributed by atoms with van der Waals surface area (Å²) in [6, 6.07) is 2.75. The second-order valence-corrected chi connectivity index (χ2v) is 4.44. The minimum absolute atomic E-state index is 0.00241. The third-order valence-corrected chi connectivity index (χ3v) is 3.10. The molecule has 3 nitrogen and oxygen atoms in total. The Kier molecular flexibility index (Phi) is 5.41. The van der Waals surface area contributed by atoms with E-state index < -0.39 is 11.9 Å².